The van der Waals surface area contributed by atoms with Crippen LogP contribution in [0.3, 0.4) is 0 Å². The summed E-state index contributed by atoms with van der Waals surface area (Å²) in [5.74, 6) is -3.01. The predicted octanol–water partition coefficient (Wildman–Crippen LogP) is 5.31. The number of piperidine rings is 1. The van der Waals surface area contributed by atoms with Crippen LogP contribution < -0.4 is 5.32 Å². The number of carboxylic acid groups (broad SMARTS) is 1. The first kappa shape index (κ1) is 24.2. The number of nitrogens with one attached hydrogen (secondary N) is 1. The summed E-state index contributed by atoms with van der Waals surface area (Å²) in [4.78, 5) is 23.9. The van der Waals surface area contributed by atoms with Gasteiger partial charge in [-0.25, -0.2) is 23.1 Å². The Bertz CT molecular complexity index is 1200. The van der Waals surface area contributed by atoms with E-state index in [1.165, 1.54) is 35.6 Å². The second kappa shape index (κ2) is 9.71. The van der Waals surface area contributed by atoms with Gasteiger partial charge in [-0.2, -0.15) is 0 Å². The fourth-order valence-corrected chi connectivity index (χ4v) is 5.12. The Labute approximate surface area is 199 Å². The number of aliphatic carboxylic acids is 1. The molecule has 6 nitrogen and oxygen atoms in total. The zero-order valence-corrected chi connectivity index (χ0v) is 19.6. The molecule has 0 amide bonds. The van der Waals surface area contributed by atoms with Crippen molar-refractivity contribution in [3.8, 4) is 0 Å². The first-order chi connectivity index (χ1) is 16.2. The largest absolute Gasteiger partial charge is 0.481 e. The van der Waals surface area contributed by atoms with Crippen LogP contribution in [-0.4, -0.2) is 38.5 Å². The Morgan fingerprint density at radius 1 is 1.26 bits per heavy atom. The standard InChI is InChI=1S/C24H25F3N4O2S/c1-14-10-24(22(32)33,8-9-31(14)13-16-4-3-5-18(26)21(16)27)11-19-17(25)6-7-20(29-19)30-23-28-12-15(2)34-23/h3-7,12,14H,8-11,13H2,1-2H3,(H,32,33)(H,28,29,30). The van der Waals surface area contributed by atoms with Crippen LogP contribution in [0.4, 0.5) is 24.1 Å². The summed E-state index contributed by atoms with van der Waals surface area (Å²) in [5, 5.41) is 13.8. The van der Waals surface area contributed by atoms with E-state index in [-0.39, 0.29) is 43.1 Å². The Balaban J connectivity index is 1.52. The first-order valence-corrected chi connectivity index (χ1v) is 11.7. The Morgan fingerprint density at radius 2 is 2.06 bits per heavy atom. The van der Waals surface area contributed by atoms with Gasteiger partial charge in [0.05, 0.1) is 11.1 Å². The number of benzene rings is 1. The summed E-state index contributed by atoms with van der Waals surface area (Å²) in [6.45, 7) is 4.28. The number of hydrogen-bond donors (Lipinski definition) is 2. The molecule has 2 aromatic heterocycles. The van der Waals surface area contributed by atoms with E-state index in [9.17, 15) is 23.1 Å². The predicted molar refractivity (Wildman–Crippen MR) is 124 cm³/mol. The van der Waals surface area contributed by atoms with Crippen LogP contribution in [0.5, 0.6) is 0 Å². The second-order valence-electron chi connectivity index (χ2n) is 8.77. The van der Waals surface area contributed by atoms with E-state index in [4.69, 9.17) is 0 Å². The van der Waals surface area contributed by atoms with Crippen molar-refractivity contribution < 1.29 is 23.1 Å². The van der Waals surface area contributed by atoms with E-state index in [0.717, 1.165) is 10.9 Å². The van der Waals surface area contributed by atoms with Gasteiger partial charge in [-0.05, 0) is 51.4 Å². The van der Waals surface area contributed by atoms with E-state index < -0.39 is 28.8 Å². The number of thiazole rings is 1. The van der Waals surface area contributed by atoms with Crippen LogP contribution in [0, 0.1) is 29.8 Å². The highest BCUT2D eigenvalue weighted by Gasteiger charge is 2.45. The van der Waals surface area contributed by atoms with Crippen LogP contribution >= 0.6 is 11.3 Å². The number of halogens is 3. The summed E-state index contributed by atoms with van der Waals surface area (Å²) in [6, 6.07) is 6.55. The average molecular weight is 491 g/mol. The third kappa shape index (κ3) is 5.07. The number of carbonyl (C=O) groups is 1. The maximum absolute atomic E-state index is 14.7. The summed E-state index contributed by atoms with van der Waals surface area (Å²) in [7, 11) is 0. The van der Waals surface area contributed by atoms with Gasteiger partial charge >= 0.3 is 5.97 Å². The van der Waals surface area contributed by atoms with Crippen LogP contribution in [0.1, 0.15) is 35.9 Å². The lowest BCUT2D eigenvalue weighted by Gasteiger charge is -2.43. The van der Waals surface area contributed by atoms with Gasteiger partial charge in [0, 0.05) is 35.6 Å². The van der Waals surface area contributed by atoms with Crippen LogP contribution in [-0.2, 0) is 17.8 Å². The number of nitrogens with zero attached hydrogens (tertiary/aromatic N) is 3. The molecule has 4 rings (SSSR count). The van der Waals surface area contributed by atoms with Gasteiger partial charge < -0.3 is 10.4 Å². The highest BCUT2D eigenvalue weighted by atomic mass is 32.1. The summed E-state index contributed by atoms with van der Waals surface area (Å²) >= 11 is 1.43. The van der Waals surface area contributed by atoms with Gasteiger partial charge in [-0.1, -0.05) is 12.1 Å². The van der Waals surface area contributed by atoms with Crippen molar-refractivity contribution in [2.45, 2.75) is 45.7 Å². The van der Waals surface area contributed by atoms with E-state index in [2.05, 4.69) is 15.3 Å². The number of likely N-dealkylation sites (tertiary alicyclic amines) is 1. The maximum atomic E-state index is 14.7. The lowest BCUT2D eigenvalue weighted by Crippen LogP contribution is -2.50. The Kier molecular flexibility index (Phi) is 6.90. The van der Waals surface area contributed by atoms with Crippen molar-refractivity contribution in [2.75, 3.05) is 11.9 Å². The van der Waals surface area contributed by atoms with E-state index in [1.807, 2.05) is 18.7 Å². The fraction of sp³-hybridized carbons (Fsp3) is 0.375. The zero-order chi connectivity index (χ0) is 24.5. The van der Waals surface area contributed by atoms with Gasteiger partial charge in [-0.3, -0.25) is 9.69 Å². The van der Waals surface area contributed by atoms with Gasteiger partial charge in [0.2, 0.25) is 0 Å². The molecular weight excluding hydrogens is 465 g/mol. The molecule has 1 fully saturated rings. The molecule has 0 bridgehead atoms. The fourth-order valence-electron chi connectivity index (χ4n) is 4.45. The number of rotatable bonds is 7. The molecule has 2 unspecified atom stereocenters. The zero-order valence-electron chi connectivity index (χ0n) is 18.8. The molecule has 2 atom stereocenters. The molecule has 1 saturated heterocycles. The van der Waals surface area contributed by atoms with Gasteiger partial charge in [-0.15, -0.1) is 11.3 Å². The Morgan fingerprint density at radius 3 is 2.74 bits per heavy atom. The maximum Gasteiger partial charge on any atom is 0.310 e. The highest BCUT2D eigenvalue weighted by Crippen LogP contribution is 2.39. The number of pyridine rings is 1. The van der Waals surface area contributed by atoms with Crippen molar-refractivity contribution in [2.24, 2.45) is 5.41 Å². The summed E-state index contributed by atoms with van der Waals surface area (Å²) in [5.41, 5.74) is -0.934. The van der Waals surface area contributed by atoms with Gasteiger partial charge in [0.1, 0.15) is 11.6 Å². The number of aryl methyl sites for hydroxylation is 1. The third-order valence-corrected chi connectivity index (χ3v) is 7.15. The molecule has 2 N–H and O–H groups in total. The number of aromatic nitrogens is 2. The van der Waals surface area contributed by atoms with Gasteiger partial charge in [0.15, 0.2) is 16.8 Å². The molecule has 34 heavy (non-hydrogen) atoms. The molecule has 0 aliphatic carbocycles. The molecule has 1 aliphatic heterocycles. The second-order valence-corrected chi connectivity index (χ2v) is 10.0. The number of anilines is 2. The quantitative estimate of drug-likeness (QED) is 0.468. The average Bonchev–Trinajstić information content (AvgIpc) is 3.20. The third-order valence-electron chi connectivity index (χ3n) is 6.33. The van der Waals surface area contributed by atoms with Crippen LogP contribution in [0.25, 0.3) is 0 Å². The molecule has 1 aromatic carbocycles. The van der Waals surface area contributed by atoms with Crippen molar-refractivity contribution >= 4 is 28.3 Å². The molecular formula is C24H25F3N4O2S. The lowest BCUT2D eigenvalue weighted by atomic mass is 9.72. The molecule has 0 saturated carbocycles. The van der Waals surface area contributed by atoms with Crippen LogP contribution in [0.15, 0.2) is 36.5 Å². The smallest absolute Gasteiger partial charge is 0.310 e. The van der Waals surface area contributed by atoms with Gasteiger partial charge in [0.25, 0.3) is 0 Å². The topological polar surface area (TPSA) is 78.3 Å². The van der Waals surface area contributed by atoms with Crippen molar-refractivity contribution in [1.82, 2.24) is 14.9 Å². The Hall–Kier alpha value is -2.98. The summed E-state index contributed by atoms with van der Waals surface area (Å²) in [6.07, 6.45) is 2.09. The minimum absolute atomic E-state index is 0.0671. The van der Waals surface area contributed by atoms with E-state index in [0.29, 0.717) is 17.5 Å². The normalized spacial score (nSPS) is 20.9. The molecule has 3 aromatic rings. The molecule has 1 aliphatic rings. The SMILES string of the molecule is Cc1cnc(Nc2ccc(F)c(CC3(C(=O)O)CCN(Cc4cccc(F)c4F)C(C)C3)n2)s1. The molecule has 0 spiro atoms. The minimum Gasteiger partial charge on any atom is -0.481 e. The lowest BCUT2D eigenvalue weighted by molar-refractivity contribution is -0.153. The highest BCUT2D eigenvalue weighted by molar-refractivity contribution is 7.15. The minimum atomic E-state index is -1.22. The van der Waals surface area contributed by atoms with Crippen molar-refractivity contribution in [3.05, 3.63) is 70.1 Å². The molecule has 3 heterocycles. The molecule has 0 radical (unpaired) electrons. The monoisotopic (exact) mass is 490 g/mol. The summed E-state index contributed by atoms with van der Waals surface area (Å²) < 4.78 is 42.4. The van der Waals surface area contributed by atoms with E-state index in [1.54, 1.807) is 6.20 Å². The first-order valence-electron chi connectivity index (χ1n) is 10.9. The van der Waals surface area contributed by atoms with E-state index >= 15 is 0 Å². The van der Waals surface area contributed by atoms with Crippen LogP contribution in [0.2, 0.25) is 0 Å². The number of carboxylic acids is 1. The number of hydrogen-bond acceptors (Lipinski definition) is 6. The van der Waals surface area contributed by atoms with Crippen molar-refractivity contribution in [3.63, 3.8) is 0 Å². The molecule has 10 heteroatoms. The van der Waals surface area contributed by atoms with Crippen molar-refractivity contribution in [1.29, 1.82) is 0 Å². The molecule has 180 valence electrons.